The molecule has 85 heavy (non-hydrogen) atoms. The number of esters is 4. The van der Waals surface area contributed by atoms with Crippen molar-refractivity contribution in [2.45, 2.75) is 337 Å². The minimum Gasteiger partial charge on any atom is -0.462 e. The van der Waals surface area contributed by atoms with Gasteiger partial charge in [0.25, 0.3) is 0 Å². The van der Waals surface area contributed by atoms with Gasteiger partial charge in [0.1, 0.15) is 19.3 Å². The van der Waals surface area contributed by atoms with E-state index in [9.17, 15) is 43.2 Å². The quantitative estimate of drug-likeness (QED) is 0.0222. The molecule has 504 valence electrons. The van der Waals surface area contributed by atoms with Gasteiger partial charge in [-0.25, -0.2) is 9.13 Å². The van der Waals surface area contributed by atoms with Gasteiger partial charge in [-0.1, -0.05) is 267 Å². The molecule has 0 amide bonds. The predicted molar refractivity (Wildman–Crippen MR) is 340 cm³/mol. The Morgan fingerprint density at radius 1 is 0.329 bits per heavy atom. The number of carbonyl (C=O) groups excluding carboxylic acids is 4. The molecule has 0 aromatic carbocycles. The summed E-state index contributed by atoms with van der Waals surface area (Å²) >= 11 is 0. The number of rotatable bonds is 63. The van der Waals surface area contributed by atoms with Gasteiger partial charge in [0.15, 0.2) is 12.2 Å². The van der Waals surface area contributed by atoms with Crippen molar-refractivity contribution in [3.63, 3.8) is 0 Å². The van der Waals surface area contributed by atoms with Gasteiger partial charge in [0, 0.05) is 25.7 Å². The molecule has 0 spiro atoms. The van der Waals surface area contributed by atoms with Crippen molar-refractivity contribution in [1.29, 1.82) is 0 Å². The van der Waals surface area contributed by atoms with Gasteiger partial charge in [0.05, 0.1) is 26.4 Å². The average Bonchev–Trinajstić information content (AvgIpc) is 3.56. The van der Waals surface area contributed by atoms with Crippen LogP contribution in [0, 0.1) is 23.7 Å². The molecule has 19 heteroatoms. The van der Waals surface area contributed by atoms with Gasteiger partial charge in [-0.2, -0.15) is 0 Å². The summed E-state index contributed by atoms with van der Waals surface area (Å²) in [5.41, 5.74) is 0. The van der Waals surface area contributed by atoms with Crippen LogP contribution in [0.15, 0.2) is 0 Å². The van der Waals surface area contributed by atoms with Crippen molar-refractivity contribution >= 4 is 39.5 Å². The lowest BCUT2D eigenvalue weighted by Gasteiger charge is -2.21. The molecule has 0 heterocycles. The Balaban J connectivity index is 5.23. The fourth-order valence-electron chi connectivity index (χ4n) is 9.75. The number of carbonyl (C=O) groups is 4. The third-order valence-electron chi connectivity index (χ3n) is 15.4. The Hall–Kier alpha value is -1.94. The lowest BCUT2D eigenvalue weighted by atomic mass is 10.00. The second-order valence-corrected chi connectivity index (χ2v) is 28.4. The van der Waals surface area contributed by atoms with Gasteiger partial charge in [0.2, 0.25) is 0 Å². The van der Waals surface area contributed by atoms with E-state index in [1.165, 1.54) is 116 Å². The normalized spacial score (nSPS) is 14.7. The van der Waals surface area contributed by atoms with E-state index >= 15 is 0 Å². The van der Waals surface area contributed by atoms with E-state index in [4.69, 9.17) is 37.0 Å². The van der Waals surface area contributed by atoms with Crippen LogP contribution in [0.2, 0.25) is 0 Å². The van der Waals surface area contributed by atoms with Crippen molar-refractivity contribution in [2.75, 3.05) is 39.6 Å². The Labute approximate surface area is 517 Å². The predicted octanol–water partition coefficient (Wildman–Crippen LogP) is 18.1. The van der Waals surface area contributed by atoms with Crippen molar-refractivity contribution in [2.24, 2.45) is 23.7 Å². The van der Waals surface area contributed by atoms with Crippen LogP contribution in [0.4, 0.5) is 0 Å². The summed E-state index contributed by atoms with van der Waals surface area (Å²) < 4.78 is 68.0. The Kier molecular flexibility index (Phi) is 54.8. The first-order chi connectivity index (χ1) is 40.6. The minimum absolute atomic E-state index is 0.101. The highest BCUT2D eigenvalue weighted by Gasteiger charge is 2.30. The highest BCUT2D eigenvalue weighted by Crippen LogP contribution is 2.45. The SMILES string of the molecule is CCC(C)CCCCCCCCC(=O)OC[C@H](COP(=O)(O)OC[C@H](O)COP(=O)(O)OC[C@@H](COC(=O)CCCCCCCCCCCCCCC(C)C)OC(=O)CCCCCCCCCCC(C)C)OC(=O)CCCCCCCCC(C)C. The van der Waals surface area contributed by atoms with Crippen LogP contribution in [0.25, 0.3) is 0 Å². The molecular formula is C66H128O17P2. The molecule has 0 saturated carbocycles. The van der Waals surface area contributed by atoms with E-state index in [-0.39, 0.29) is 25.7 Å². The van der Waals surface area contributed by atoms with E-state index < -0.39 is 97.5 Å². The number of phosphoric ester groups is 2. The number of ether oxygens (including phenoxy) is 4. The van der Waals surface area contributed by atoms with Crippen LogP contribution in [0.1, 0.15) is 319 Å². The zero-order valence-corrected chi connectivity index (χ0v) is 57.0. The van der Waals surface area contributed by atoms with Gasteiger partial charge in [-0.05, 0) is 49.4 Å². The van der Waals surface area contributed by atoms with Gasteiger partial charge in [-0.15, -0.1) is 0 Å². The van der Waals surface area contributed by atoms with E-state index in [2.05, 4.69) is 55.4 Å². The number of phosphoric acid groups is 2. The van der Waals surface area contributed by atoms with Crippen LogP contribution in [-0.4, -0.2) is 96.7 Å². The summed E-state index contributed by atoms with van der Waals surface area (Å²) in [5.74, 6) is 0.759. The number of hydrogen-bond donors (Lipinski definition) is 3. The summed E-state index contributed by atoms with van der Waals surface area (Å²) in [6.07, 6.45) is 36.4. The molecule has 0 saturated heterocycles. The summed E-state index contributed by atoms with van der Waals surface area (Å²) in [4.78, 5) is 72.3. The molecule has 6 atom stereocenters. The Morgan fingerprint density at radius 3 is 0.835 bits per heavy atom. The molecule has 0 bridgehead atoms. The highest BCUT2D eigenvalue weighted by atomic mass is 31.2. The summed E-state index contributed by atoms with van der Waals surface area (Å²) in [7, 11) is -9.89. The van der Waals surface area contributed by atoms with E-state index in [1.54, 1.807) is 0 Å². The van der Waals surface area contributed by atoms with Gasteiger partial charge in [-0.3, -0.25) is 37.3 Å². The van der Waals surface area contributed by atoms with Crippen molar-refractivity contribution in [1.82, 2.24) is 0 Å². The lowest BCUT2D eigenvalue weighted by molar-refractivity contribution is -0.161. The average molecular weight is 1260 g/mol. The van der Waals surface area contributed by atoms with E-state index in [0.717, 1.165) is 114 Å². The maximum Gasteiger partial charge on any atom is 0.472 e. The molecule has 0 aliphatic heterocycles. The standard InChI is InChI=1S/C66H128O17P2/c1-9-59(8)45-37-29-23-25-31-39-47-64(69)77-53-62(83-66(71)49-41-33-24-22-28-36-44-58(6)7)55-81-85(74,75)79-51-60(67)50-78-84(72,73)80-54-61(82-65(70)48-40-32-21-17-16-19-27-35-43-57(4)5)52-76-63(68)46-38-30-20-15-13-11-10-12-14-18-26-34-42-56(2)3/h56-62,67H,9-55H2,1-8H3,(H,72,73)(H,74,75)/t59?,60-,61-,62-/m1/s1. The monoisotopic (exact) mass is 1250 g/mol. The molecule has 3 unspecified atom stereocenters. The maximum atomic E-state index is 13.0. The summed E-state index contributed by atoms with van der Waals surface area (Å²) in [6.45, 7) is 13.9. The fraction of sp³-hybridized carbons (Fsp3) is 0.939. The molecular weight excluding hydrogens is 1130 g/mol. The molecule has 0 aliphatic rings. The maximum absolute atomic E-state index is 13.0. The topological polar surface area (TPSA) is 237 Å². The summed E-state index contributed by atoms with van der Waals surface area (Å²) in [6, 6.07) is 0. The van der Waals surface area contributed by atoms with Gasteiger partial charge < -0.3 is 33.8 Å². The smallest absolute Gasteiger partial charge is 0.462 e. The fourth-order valence-corrected chi connectivity index (χ4v) is 11.3. The van der Waals surface area contributed by atoms with E-state index in [0.29, 0.717) is 31.6 Å². The number of aliphatic hydroxyl groups is 1. The van der Waals surface area contributed by atoms with E-state index in [1.807, 2.05) is 0 Å². The molecule has 3 N–H and O–H groups in total. The molecule has 0 radical (unpaired) electrons. The second-order valence-electron chi connectivity index (χ2n) is 25.5. The lowest BCUT2D eigenvalue weighted by Crippen LogP contribution is -2.30. The highest BCUT2D eigenvalue weighted by molar-refractivity contribution is 7.47. The van der Waals surface area contributed by atoms with Crippen LogP contribution >= 0.6 is 15.6 Å². The molecule has 0 fully saturated rings. The van der Waals surface area contributed by atoms with Crippen LogP contribution in [-0.2, 0) is 65.4 Å². The molecule has 0 aromatic rings. The first-order valence-electron chi connectivity index (χ1n) is 34.2. The Morgan fingerprint density at radius 2 is 0.565 bits per heavy atom. The largest absolute Gasteiger partial charge is 0.472 e. The Bertz CT molecular complexity index is 1700. The minimum atomic E-state index is -4.95. The third-order valence-corrected chi connectivity index (χ3v) is 17.3. The van der Waals surface area contributed by atoms with Crippen LogP contribution in [0.5, 0.6) is 0 Å². The van der Waals surface area contributed by atoms with Crippen molar-refractivity contribution < 1.29 is 80.2 Å². The number of unbranched alkanes of at least 4 members (excludes halogenated alkanes) is 28. The molecule has 17 nitrogen and oxygen atoms in total. The zero-order chi connectivity index (χ0) is 63.2. The first-order valence-corrected chi connectivity index (χ1v) is 37.2. The molecule has 0 rings (SSSR count). The van der Waals surface area contributed by atoms with Crippen LogP contribution in [0.3, 0.4) is 0 Å². The third kappa shape index (κ3) is 59.5. The molecule has 0 aromatic heterocycles. The van der Waals surface area contributed by atoms with Crippen molar-refractivity contribution in [3.05, 3.63) is 0 Å². The summed E-state index contributed by atoms with van der Waals surface area (Å²) in [5, 5.41) is 10.5. The number of aliphatic hydroxyl groups excluding tert-OH is 1. The zero-order valence-electron chi connectivity index (χ0n) is 55.2. The van der Waals surface area contributed by atoms with Crippen molar-refractivity contribution in [3.8, 4) is 0 Å². The molecule has 0 aliphatic carbocycles. The number of hydrogen-bond acceptors (Lipinski definition) is 15. The second kappa shape index (κ2) is 56.1. The first kappa shape index (κ1) is 83.1. The van der Waals surface area contributed by atoms with Crippen LogP contribution < -0.4 is 0 Å². The van der Waals surface area contributed by atoms with Gasteiger partial charge >= 0.3 is 39.5 Å².